The average Bonchev–Trinajstić information content (AvgIpc) is 3.22. The maximum atomic E-state index is 12.4. The van der Waals surface area contributed by atoms with Crippen LogP contribution in [-0.2, 0) is 14.8 Å². The normalized spacial score (nSPS) is 12.5. The molecular formula is C18H14N4O4S2. The van der Waals surface area contributed by atoms with Gasteiger partial charge in [-0.05, 0) is 30.3 Å². The molecule has 10 heteroatoms. The summed E-state index contributed by atoms with van der Waals surface area (Å²) in [5.41, 5.74) is 1.10. The van der Waals surface area contributed by atoms with Gasteiger partial charge in [0.2, 0.25) is 5.91 Å². The molecule has 0 bridgehead atoms. The summed E-state index contributed by atoms with van der Waals surface area (Å²) in [5.74, 6) is -0.660. The van der Waals surface area contributed by atoms with Crippen LogP contribution in [0.5, 0.6) is 0 Å². The zero-order valence-electron chi connectivity index (χ0n) is 14.5. The van der Waals surface area contributed by atoms with Crippen LogP contribution >= 0.6 is 11.3 Å². The van der Waals surface area contributed by atoms with Gasteiger partial charge in [-0.3, -0.25) is 9.59 Å². The van der Waals surface area contributed by atoms with Crippen molar-refractivity contribution in [3.63, 3.8) is 0 Å². The van der Waals surface area contributed by atoms with E-state index >= 15 is 0 Å². The molecule has 142 valence electrons. The number of nitrogens with zero attached hydrogens (tertiary/aromatic N) is 1. The van der Waals surface area contributed by atoms with Crippen LogP contribution in [0.3, 0.4) is 0 Å². The van der Waals surface area contributed by atoms with Gasteiger partial charge >= 0.3 is 0 Å². The lowest BCUT2D eigenvalue weighted by atomic mass is 10.2. The van der Waals surface area contributed by atoms with E-state index in [1.807, 2.05) is 16.2 Å². The highest BCUT2D eigenvalue weighted by atomic mass is 32.2. The number of anilines is 1. The van der Waals surface area contributed by atoms with Gasteiger partial charge in [-0.15, -0.1) is 11.3 Å². The number of fused-ring (bicyclic) bond motifs is 3. The molecule has 28 heavy (non-hydrogen) atoms. The number of hydrogen-bond donors (Lipinski definition) is 3. The molecule has 1 aromatic carbocycles. The first kappa shape index (κ1) is 18.1. The fourth-order valence-electron chi connectivity index (χ4n) is 2.88. The van der Waals surface area contributed by atoms with E-state index in [0.29, 0.717) is 10.9 Å². The smallest absolute Gasteiger partial charge is 0.264 e. The van der Waals surface area contributed by atoms with Crippen LogP contribution in [0.25, 0.3) is 27.3 Å². The average molecular weight is 414 g/mol. The van der Waals surface area contributed by atoms with E-state index in [1.54, 1.807) is 24.5 Å². The Hall–Kier alpha value is -3.24. The Labute approximate surface area is 163 Å². The van der Waals surface area contributed by atoms with E-state index < -0.39 is 15.9 Å². The lowest BCUT2D eigenvalue weighted by Crippen LogP contribution is -2.28. The van der Waals surface area contributed by atoms with Gasteiger partial charge in [0, 0.05) is 41.2 Å². The van der Waals surface area contributed by atoms with E-state index in [0.717, 1.165) is 28.0 Å². The quantitative estimate of drug-likeness (QED) is 0.466. The minimum Gasteiger partial charge on any atom is -0.361 e. The molecule has 0 radical (unpaired) electrons. The molecule has 4 aromatic rings. The molecule has 0 spiro atoms. The third-order valence-corrected chi connectivity index (χ3v) is 6.43. The number of sulfonamides is 1. The number of nitrogens with one attached hydrogen (secondary N) is 3. The van der Waals surface area contributed by atoms with Crippen LogP contribution in [0.4, 0.5) is 5.69 Å². The highest BCUT2D eigenvalue weighted by molar-refractivity contribution is 7.90. The highest BCUT2D eigenvalue weighted by Gasteiger charge is 2.15. The molecule has 0 aliphatic heterocycles. The summed E-state index contributed by atoms with van der Waals surface area (Å²) < 4.78 is 25.9. The Morgan fingerprint density at radius 1 is 1.21 bits per heavy atom. The number of benzene rings is 1. The Balaban J connectivity index is 1.70. The van der Waals surface area contributed by atoms with Crippen molar-refractivity contribution in [2.75, 3.05) is 5.32 Å². The molecule has 3 N–H and O–H groups in total. The Kier molecular flexibility index (Phi) is 4.36. The van der Waals surface area contributed by atoms with E-state index in [4.69, 9.17) is 0 Å². The number of carbonyl (C=O) groups is 1. The van der Waals surface area contributed by atoms with Gasteiger partial charge in [-0.25, -0.2) is 18.1 Å². The predicted molar refractivity (Wildman–Crippen MR) is 108 cm³/mol. The van der Waals surface area contributed by atoms with Crippen LogP contribution in [0.15, 0.2) is 51.6 Å². The van der Waals surface area contributed by atoms with E-state index in [1.165, 1.54) is 23.5 Å². The van der Waals surface area contributed by atoms with Crippen LogP contribution in [0, 0.1) is 0 Å². The van der Waals surface area contributed by atoms with Crippen LogP contribution in [0.1, 0.15) is 6.92 Å². The lowest BCUT2D eigenvalue weighted by molar-refractivity contribution is -0.117. The second-order valence-corrected chi connectivity index (χ2v) is 8.57. The summed E-state index contributed by atoms with van der Waals surface area (Å²) in [6.45, 7) is 1.13. The zero-order chi connectivity index (χ0) is 19.9. The van der Waals surface area contributed by atoms with Gasteiger partial charge in [0.05, 0.1) is 15.6 Å². The first-order chi connectivity index (χ1) is 13.3. The summed E-state index contributed by atoms with van der Waals surface area (Å²) in [6, 6.07) is 7.70. The third-order valence-electron chi connectivity index (χ3n) is 4.08. The largest absolute Gasteiger partial charge is 0.361 e. The molecule has 0 unspecified atom stereocenters. The van der Waals surface area contributed by atoms with Crippen LogP contribution in [0.2, 0.25) is 0 Å². The van der Waals surface area contributed by atoms with Gasteiger partial charge in [-0.1, -0.05) is 0 Å². The summed E-state index contributed by atoms with van der Waals surface area (Å²) in [5, 5.41) is 7.01. The molecule has 1 amide bonds. The van der Waals surface area contributed by atoms with Crippen molar-refractivity contribution in [2.24, 2.45) is 0 Å². The third kappa shape index (κ3) is 3.23. The van der Waals surface area contributed by atoms with Crippen molar-refractivity contribution >= 4 is 60.3 Å². The number of rotatable bonds is 4. The Bertz CT molecular complexity index is 1420. The van der Waals surface area contributed by atoms with Gasteiger partial charge < -0.3 is 10.3 Å². The number of H-pyrrole nitrogens is 1. The fraction of sp³-hybridized carbons (Fsp3) is 0.0556. The molecule has 0 aliphatic rings. The van der Waals surface area contributed by atoms with Crippen LogP contribution in [-0.4, -0.2) is 24.3 Å². The first-order valence-corrected chi connectivity index (χ1v) is 10.5. The monoisotopic (exact) mass is 414 g/mol. The van der Waals surface area contributed by atoms with Gasteiger partial charge in [0.1, 0.15) is 4.83 Å². The van der Waals surface area contributed by atoms with Gasteiger partial charge in [0.25, 0.3) is 15.6 Å². The van der Waals surface area contributed by atoms with Crippen molar-refractivity contribution in [2.45, 2.75) is 11.8 Å². The standard InChI is InChI=1S/C18H14N4O4S2/c1-10(23)22-28(25,26)12-4-2-11(3-5-12)20-8-14-16-13-6-7-19-18(13)27-9-15(16)21-17(14)24/h2-9,20H,1H3,(H,21,24)(H,22,23)/b14-8-. The molecular weight excluding hydrogens is 400 g/mol. The van der Waals surface area contributed by atoms with Crippen molar-refractivity contribution in [1.82, 2.24) is 14.7 Å². The SMILES string of the molecule is CC(=O)NS(=O)(=O)c1ccc(N/C=c2\c(=O)[nH]c3csc4nccc4c23)cc1. The van der Waals surface area contributed by atoms with Crippen molar-refractivity contribution in [3.05, 3.63) is 57.5 Å². The first-order valence-electron chi connectivity index (χ1n) is 8.13. The summed E-state index contributed by atoms with van der Waals surface area (Å²) >= 11 is 1.46. The summed E-state index contributed by atoms with van der Waals surface area (Å²) in [7, 11) is -3.89. The molecule has 0 fully saturated rings. The maximum Gasteiger partial charge on any atom is 0.264 e. The number of carbonyl (C=O) groups excluding carboxylic acids is 1. The molecule has 0 saturated carbocycles. The van der Waals surface area contributed by atoms with Gasteiger partial charge in [0.15, 0.2) is 0 Å². The van der Waals surface area contributed by atoms with Crippen molar-refractivity contribution in [3.8, 4) is 0 Å². The maximum absolute atomic E-state index is 12.4. The minimum atomic E-state index is -3.89. The summed E-state index contributed by atoms with van der Waals surface area (Å²) in [4.78, 5) is 31.3. The second kappa shape index (κ2) is 6.73. The van der Waals surface area contributed by atoms with Gasteiger partial charge in [-0.2, -0.15) is 0 Å². The molecule has 0 atom stereocenters. The molecule has 4 rings (SSSR count). The summed E-state index contributed by atoms with van der Waals surface area (Å²) in [6.07, 6.45) is 3.28. The molecule has 3 heterocycles. The van der Waals surface area contributed by atoms with Crippen molar-refractivity contribution in [1.29, 1.82) is 0 Å². The Morgan fingerprint density at radius 2 is 1.96 bits per heavy atom. The number of aromatic nitrogens is 2. The molecule has 8 nitrogen and oxygen atoms in total. The molecule has 0 saturated heterocycles. The fourth-order valence-corrected chi connectivity index (χ4v) is 4.70. The molecule has 3 aromatic heterocycles. The van der Waals surface area contributed by atoms with Crippen LogP contribution < -0.4 is 20.8 Å². The molecule has 0 aliphatic carbocycles. The predicted octanol–water partition coefficient (Wildman–Crippen LogP) is 1.53. The van der Waals surface area contributed by atoms with E-state index in [2.05, 4.69) is 15.3 Å². The van der Waals surface area contributed by atoms with E-state index in [-0.39, 0.29) is 10.5 Å². The zero-order valence-corrected chi connectivity index (χ0v) is 16.1. The minimum absolute atomic E-state index is 0.0316. The number of amides is 1. The van der Waals surface area contributed by atoms with E-state index in [9.17, 15) is 18.0 Å². The topological polar surface area (TPSA) is 121 Å². The highest BCUT2D eigenvalue weighted by Crippen LogP contribution is 2.24. The Morgan fingerprint density at radius 3 is 2.68 bits per heavy atom. The number of hydrogen-bond acceptors (Lipinski definition) is 7. The van der Waals surface area contributed by atoms with Crippen molar-refractivity contribution < 1.29 is 13.2 Å². The number of aromatic amines is 1. The lowest BCUT2D eigenvalue weighted by Gasteiger charge is -2.06. The second-order valence-electron chi connectivity index (χ2n) is 6.03.